The Labute approximate surface area is 203 Å². The molecule has 10 heteroatoms. The first-order chi connectivity index (χ1) is 16.2. The molecule has 0 spiro atoms. The van der Waals surface area contributed by atoms with Gasteiger partial charge in [-0.25, -0.2) is 4.98 Å². The minimum atomic E-state index is -0.723. The van der Waals surface area contributed by atoms with Gasteiger partial charge < -0.3 is 5.32 Å². The van der Waals surface area contributed by atoms with Gasteiger partial charge in [-0.15, -0.1) is 0 Å². The number of aromatic nitrogens is 2. The number of aryl methyl sites for hydroxylation is 1. The van der Waals surface area contributed by atoms with Gasteiger partial charge in [-0.2, -0.15) is 0 Å². The molecule has 1 N–H and O–H groups in total. The summed E-state index contributed by atoms with van der Waals surface area (Å²) in [5, 5.41) is 14.3. The quantitative estimate of drug-likeness (QED) is 0.167. The van der Waals surface area contributed by atoms with Crippen molar-refractivity contribution in [3.63, 3.8) is 0 Å². The lowest BCUT2D eigenvalue weighted by Crippen LogP contribution is -2.26. The lowest BCUT2D eigenvalue weighted by atomic mass is 10.2. The summed E-state index contributed by atoms with van der Waals surface area (Å²) in [6, 6.07) is 18.2. The van der Waals surface area contributed by atoms with Crippen LogP contribution in [0.25, 0.3) is 16.6 Å². The van der Waals surface area contributed by atoms with Crippen molar-refractivity contribution in [2.45, 2.75) is 24.3 Å². The molecule has 3 aromatic carbocycles. The van der Waals surface area contributed by atoms with Gasteiger partial charge in [0.1, 0.15) is 5.69 Å². The van der Waals surface area contributed by atoms with E-state index in [1.807, 2.05) is 25.1 Å². The number of hydrogen-bond donors (Lipinski definition) is 1. The number of benzene rings is 3. The molecule has 0 bridgehead atoms. The predicted octanol–water partition coefficient (Wildman–Crippen LogP) is 5.38. The van der Waals surface area contributed by atoms with Crippen molar-refractivity contribution in [1.82, 2.24) is 9.55 Å². The lowest BCUT2D eigenvalue weighted by Gasteiger charge is -2.17. The van der Waals surface area contributed by atoms with E-state index < -0.39 is 16.1 Å². The first-order valence-corrected chi connectivity index (χ1v) is 11.5. The molecule has 0 aliphatic rings. The molecular weight excluding hydrogens is 476 g/mol. The number of amides is 1. The number of nitro benzene ring substituents is 1. The Morgan fingerprint density at radius 3 is 2.65 bits per heavy atom. The SMILES string of the molecule is Cc1cccc(-n2c(SC(C)C(=O)Nc3ccccc3[N+](=O)[O-])nc3cc(Cl)ccc3c2=O)c1. The third kappa shape index (κ3) is 4.80. The standard InChI is InChI=1S/C24H19ClN4O4S/c1-14-6-5-7-17(12-14)28-23(31)18-11-10-16(25)13-20(18)27-24(28)34-15(2)22(30)26-19-8-3-4-9-21(19)29(32)33/h3-13,15H,1-2H3,(H,26,30). The molecule has 1 unspecified atom stereocenters. The predicted molar refractivity (Wildman–Crippen MR) is 134 cm³/mol. The highest BCUT2D eigenvalue weighted by atomic mass is 35.5. The Morgan fingerprint density at radius 2 is 1.91 bits per heavy atom. The molecule has 4 aromatic rings. The van der Waals surface area contributed by atoms with Crippen LogP contribution in [-0.4, -0.2) is 25.6 Å². The highest BCUT2D eigenvalue weighted by Gasteiger charge is 2.23. The molecule has 0 saturated carbocycles. The molecule has 1 atom stereocenters. The summed E-state index contributed by atoms with van der Waals surface area (Å²) in [6.07, 6.45) is 0. The maximum absolute atomic E-state index is 13.4. The van der Waals surface area contributed by atoms with Crippen LogP contribution in [0.15, 0.2) is 76.7 Å². The highest BCUT2D eigenvalue weighted by molar-refractivity contribution is 8.00. The van der Waals surface area contributed by atoms with Crippen molar-refractivity contribution in [1.29, 1.82) is 0 Å². The number of rotatable bonds is 6. The number of nitrogens with zero attached hydrogens (tertiary/aromatic N) is 3. The summed E-state index contributed by atoms with van der Waals surface area (Å²) >= 11 is 7.19. The fourth-order valence-electron chi connectivity index (χ4n) is 3.40. The van der Waals surface area contributed by atoms with E-state index in [0.717, 1.165) is 17.3 Å². The molecule has 0 aliphatic heterocycles. The number of nitro groups is 1. The van der Waals surface area contributed by atoms with E-state index in [2.05, 4.69) is 10.3 Å². The van der Waals surface area contributed by atoms with Crippen LogP contribution in [-0.2, 0) is 4.79 Å². The fraction of sp³-hybridized carbons (Fsp3) is 0.125. The van der Waals surface area contributed by atoms with Crippen LogP contribution in [0, 0.1) is 17.0 Å². The molecule has 0 saturated heterocycles. The van der Waals surface area contributed by atoms with Crippen molar-refractivity contribution < 1.29 is 9.72 Å². The van der Waals surface area contributed by atoms with Gasteiger partial charge in [0.15, 0.2) is 5.16 Å². The topological polar surface area (TPSA) is 107 Å². The van der Waals surface area contributed by atoms with Gasteiger partial charge in [-0.05, 0) is 55.8 Å². The van der Waals surface area contributed by atoms with Gasteiger partial charge >= 0.3 is 0 Å². The number of carbonyl (C=O) groups excluding carboxylic acids is 1. The minimum Gasteiger partial charge on any atom is -0.319 e. The molecule has 1 aromatic heterocycles. The fourth-order valence-corrected chi connectivity index (χ4v) is 4.49. The largest absolute Gasteiger partial charge is 0.319 e. The van der Waals surface area contributed by atoms with Crippen molar-refractivity contribution >= 4 is 51.5 Å². The number of anilines is 1. The zero-order valence-corrected chi connectivity index (χ0v) is 19.8. The highest BCUT2D eigenvalue weighted by Crippen LogP contribution is 2.29. The summed E-state index contributed by atoms with van der Waals surface area (Å²) < 4.78 is 1.46. The van der Waals surface area contributed by atoms with Crippen LogP contribution in [0.3, 0.4) is 0 Å². The van der Waals surface area contributed by atoms with Crippen LogP contribution in [0.4, 0.5) is 11.4 Å². The molecule has 172 valence electrons. The molecule has 1 heterocycles. The molecule has 1 amide bonds. The van der Waals surface area contributed by atoms with E-state index in [0.29, 0.717) is 26.8 Å². The Morgan fingerprint density at radius 1 is 1.15 bits per heavy atom. The van der Waals surface area contributed by atoms with E-state index in [-0.39, 0.29) is 16.9 Å². The average Bonchev–Trinajstić information content (AvgIpc) is 2.79. The molecule has 34 heavy (non-hydrogen) atoms. The second kappa shape index (κ2) is 9.66. The third-order valence-corrected chi connectivity index (χ3v) is 6.36. The van der Waals surface area contributed by atoms with Crippen LogP contribution in [0.5, 0.6) is 0 Å². The van der Waals surface area contributed by atoms with Crippen molar-refractivity contribution in [3.05, 3.63) is 97.8 Å². The summed E-state index contributed by atoms with van der Waals surface area (Å²) in [5.41, 5.74) is 1.58. The maximum atomic E-state index is 13.4. The Bertz CT molecular complexity index is 1490. The Kier molecular flexibility index (Phi) is 6.67. The van der Waals surface area contributed by atoms with Gasteiger partial charge in [-0.3, -0.25) is 24.3 Å². The zero-order chi connectivity index (χ0) is 24.4. The second-order valence-electron chi connectivity index (χ2n) is 7.56. The van der Waals surface area contributed by atoms with Crippen LogP contribution >= 0.6 is 23.4 Å². The van der Waals surface area contributed by atoms with Crippen LogP contribution in [0.2, 0.25) is 5.02 Å². The Hall–Kier alpha value is -3.69. The average molecular weight is 495 g/mol. The van der Waals surface area contributed by atoms with Crippen LogP contribution < -0.4 is 10.9 Å². The number of thioether (sulfide) groups is 1. The maximum Gasteiger partial charge on any atom is 0.292 e. The van der Waals surface area contributed by atoms with E-state index in [1.54, 1.807) is 37.3 Å². The minimum absolute atomic E-state index is 0.0966. The van der Waals surface area contributed by atoms with Gasteiger partial charge in [0.05, 0.1) is 26.8 Å². The summed E-state index contributed by atoms with van der Waals surface area (Å²) in [5.74, 6) is -0.462. The summed E-state index contributed by atoms with van der Waals surface area (Å²) in [4.78, 5) is 41.7. The summed E-state index contributed by atoms with van der Waals surface area (Å²) in [6.45, 7) is 3.56. The molecule has 4 rings (SSSR count). The molecule has 0 fully saturated rings. The number of halogens is 1. The third-order valence-electron chi connectivity index (χ3n) is 5.07. The monoisotopic (exact) mass is 494 g/mol. The number of fused-ring (bicyclic) bond motifs is 1. The number of nitrogens with one attached hydrogen (secondary N) is 1. The first-order valence-electron chi connectivity index (χ1n) is 10.2. The molecular formula is C24H19ClN4O4S. The summed E-state index contributed by atoms with van der Waals surface area (Å²) in [7, 11) is 0. The van der Waals surface area contributed by atoms with Gasteiger partial charge in [-0.1, -0.05) is 47.6 Å². The van der Waals surface area contributed by atoms with Crippen molar-refractivity contribution in [2.24, 2.45) is 0 Å². The van der Waals surface area contributed by atoms with Gasteiger partial charge in [0.25, 0.3) is 11.2 Å². The van der Waals surface area contributed by atoms with Gasteiger partial charge in [0.2, 0.25) is 5.91 Å². The van der Waals surface area contributed by atoms with E-state index >= 15 is 0 Å². The Balaban J connectivity index is 1.74. The number of para-hydroxylation sites is 2. The molecule has 8 nitrogen and oxygen atoms in total. The zero-order valence-electron chi connectivity index (χ0n) is 18.2. The normalized spacial score (nSPS) is 11.9. The molecule has 0 aliphatic carbocycles. The van der Waals surface area contributed by atoms with E-state index in [1.165, 1.54) is 22.8 Å². The van der Waals surface area contributed by atoms with E-state index in [4.69, 9.17) is 11.6 Å². The smallest absolute Gasteiger partial charge is 0.292 e. The van der Waals surface area contributed by atoms with Crippen molar-refractivity contribution in [2.75, 3.05) is 5.32 Å². The lowest BCUT2D eigenvalue weighted by molar-refractivity contribution is -0.383. The number of carbonyl (C=O) groups is 1. The molecule has 0 radical (unpaired) electrons. The van der Waals surface area contributed by atoms with Gasteiger partial charge in [0, 0.05) is 11.1 Å². The first kappa shape index (κ1) is 23.5. The number of hydrogen-bond acceptors (Lipinski definition) is 6. The van der Waals surface area contributed by atoms with E-state index in [9.17, 15) is 19.7 Å². The van der Waals surface area contributed by atoms with Crippen LogP contribution in [0.1, 0.15) is 12.5 Å². The van der Waals surface area contributed by atoms with Crippen molar-refractivity contribution in [3.8, 4) is 5.69 Å². The second-order valence-corrected chi connectivity index (χ2v) is 9.30.